The Morgan fingerprint density at radius 3 is 2.80 bits per heavy atom. The van der Waals surface area contributed by atoms with Crippen LogP contribution in [0.25, 0.3) is 5.69 Å². The molecule has 0 aliphatic carbocycles. The maximum Gasteiger partial charge on any atom is 0.161 e. The molecule has 0 fully saturated rings. The summed E-state index contributed by atoms with van der Waals surface area (Å²) in [6.07, 6.45) is 3.01. The van der Waals surface area contributed by atoms with Crippen LogP contribution < -0.4 is 0 Å². The Bertz CT molecular complexity index is 493. The van der Waals surface area contributed by atoms with E-state index < -0.39 is 0 Å². The van der Waals surface area contributed by atoms with Crippen molar-refractivity contribution in [3.8, 4) is 5.69 Å². The highest BCUT2D eigenvalue weighted by Crippen LogP contribution is 2.20. The second kappa shape index (κ2) is 3.82. The van der Waals surface area contributed by atoms with E-state index in [1.807, 2.05) is 0 Å². The topological polar surface area (TPSA) is 47.8 Å². The van der Waals surface area contributed by atoms with Gasteiger partial charge in [-0.15, -0.1) is 0 Å². The summed E-state index contributed by atoms with van der Waals surface area (Å²) < 4.78 is 1.58. The molecule has 1 aromatic carbocycles. The lowest BCUT2D eigenvalue weighted by atomic mass is 10.1. The predicted molar refractivity (Wildman–Crippen MR) is 56.4 cm³/mol. The normalized spacial score (nSPS) is 10.3. The summed E-state index contributed by atoms with van der Waals surface area (Å²) in [5.41, 5.74) is 1.29. The third kappa shape index (κ3) is 1.89. The molecule has 0 aliphatic heterocycles. The lowest BCUT2D eigenvalue weighted by Crippen LogP contribution is -1.98. The number of hydrogen-bond acceptors (Lipinski definition) is 3. The molecule has 15 heavy (non-hydrogen) atoms. The highest BCUT2D eigenvalue weighted by atomic mass is 35.5. The first-order valence-electron chi connectivity index (χ1n) is 4.34. The van der Waals surface area contributed by atoms with Gasteiger partial charge in [-0.25, -0.2) is 9.67 Å². The van der Waals surface area contributed by atoms with Crippen molar-refractivity contribution < 1.29 is 4.79 Å². The van der Waals surface area contributed by atoms with Gasteiger partial charge in [-0.05, 0) is 25.1 Å². The number of carbonyl (C=O) groups is 1. The first-order chi connectivity index (χ1) is 7.18. The summed E-state index contributed by atoms with van der Waals surface area (Å²) in [5.74, 6) is -0.0508. The lowest BCUT2D eigenvalue weighted by Gasteiger charge is -2.03. The van der Waals surface area contributed by atoms with Gasteiger partial charge >= 0.3 is 0 Å². The zero-order valence-corrected chi connectivity index (χ0v) is 8.77. The van der Waals surface area contributed by atoms with Crippen molar-refractivity contribution in [2.24, 2.45) is 0 Å². The average molecular weight is 222 g/mol. The molecule has 5 heteroatoms. The molecule has 0 spiro atoms. The number of halogens is 1. The van der Waals surface area contributed by atoms with Gasteiger partial charge in [0.05, 0.1) is 10.7 Å². The molecule has 1 heterocycles. The van der Waals surface area contributed by atoms with Crippen molar-refractivity contribution >= 4 is 17.4 Å². The zero-order valence-electron chi connectivity index (χ0n) is 8.01. The van der Waals surface area contributed by atoms with Crippen LogP contribution >= 0.6 is 11.6 Å². The average Bonchev–Trinajstić information content (AvgIpc) is 2.69. The largest absolute Gasteiger partial charge is 0.294 e. The molecule has 0 bridgehead atoms. The predicted octanol–water partition coefficient (Wildman–Crippen LogP) is 2.12. The summed E-state index contributed by atoms with van der Waals surface area (Å²) in [4.78, 5) is 15.0. The van der Waals surface area contributed by atoms with Gasteiger partial charge in [-0.3, -0.25) is 4.79 Å². The van der Waals surface area contributed by atoms with E-state index in [0.717, 1.165) is 5.69 Å². The fraction of sp³-hybridized carbons (Fsp3) is 0.100. The van der Waals surface area contributed by atoms with E-state index in [9.17, 15) is 4.79 Å². The number of aromatic nitrogens is 3. The van der Waals surface area contributed by atoms with Gasteiger partial charge in [0, 0.05) is 5.56 Å². The van der Waals surface area contributed by atoms with E-state index in [1.165, 1.54) is 13.3 Å². The number of benzene rings is 1. The van der Waals surface area contributed by atoms with E-state index in [-0.39, 0.29) is 5.78 Å². The maximum atomic E-state index is 11.1. The number of ketones is 1. The minimum absolute atomic E-state index is 0.0508. The van der Waals surface area contributed by atoms with Gasteiger partial charge in [0.2, 0.25) is 0 Å². The van der Waals surface area contributed by atoms with Gasteiger partial charge in [-0.1, -0.05) is 11.6 Å². The van der Waals surface area contributed by atoms with Crippen LogP contribution in [0.3, 0.4) is 0 Å². The number of hydrogen-bond donors (Lipinski definition) is 0. The number of nitrogens with zero attached hydrogens (tertiary/aromatic N) is 3. The second-order valence-corrected chi connectivity index (χ2v) is 3.47. The standard InChI is InChI=1S/C10H8ClN3O/c1-7(15)9-3-2-8(4-10(9)11)14-6-12-5-13-14/h2-6H,1H3. The molecule has 0 saturated heterocycles. The monoisotopic (exact) mass is 221 g/mol. The van der Waals surface area contributed by atoms with E-state index in [2.05, 4.69) is 10.1 Å². The molecule has 2 rings (SSSR count). The van der Waals surface area contributed by atoms with Crippen LogP contribution in [0.15, 0.2) is 30.9 Å². The van der Waals surface area contributed by atoms with Gasteiger partial charge < -0.3 is 0 Å². The maximum absolute atomic E-state index is 11.1. The molecule has 0 atom stereocenters. The van der Waals surface area contributed by atoms with Gasteiger partial charge in [-0.2, -0.15) is 5.10 Å². The van der Waals surface area contributed by atoms with E-state index in [1.54, 1.807) is 29.2 Å². The molecule has 0 saturated carbocycles. The van der Waals surface area contributed by atoms with Crippen molar-refractivity contribution in [3.05, 3.63) is 41.4 Å². The third-order valence-corrected chi connectivity index (χ3v) is 2.33. The number of rotatable bonds is 2. The quantitative estimate of drug-likeness (QED) is 0.730. The highest BCUT2D eigenvalue weighted by Gasteiger charge is 2.07. The van der Waals surface area contributed by atoms with Crippen LogP contribution in [0.5, 0.6) is 0 Å². The van der Waals surface area contributed by atoms with Crippen LogP contribution in [0, 0.1) is 0 Å². The Hall–Kier alpha value is -1.68. The molecular weight excluding hydrogens is 214 g/mol. The van der Waals surface area contributed by atoms with Crippen molar-refractivity contribution in [2.45, 2.75) is 6.92 Å². The van der Waals surface area contributed by atoms with Crippen molar-refractivity contribution in [1.29, 1.82) is 0 Å². The first kappa shape index (κ1) is 9.86. The van der Waals surface area contributed by atoms with Crippen LogP contribution in [-0.2, 0) is 0 Å². The van der Waals surface area contributed by atoms with Crippen LogP contribution in [0.4, 0.5) is 0 Å². The third-order valence-electron chi connectivity index (χ3n) is 2.02. The smallest absolute Gasteiger partial charge is 0.161 e. The Balaban J connectivity index is 2.47. The summed E-state index contributed by atoms with van der Waals surface area (Å²) in [6.45, 7) is 1.48. The van der Waals surface area contributed by atoms with Crippen molar-refractivity contribution in [2.75, 3.05) is 0 Å². The molecule has 0 unspecified atom stereocenters. The first-order valence-corrected chi connectivity index (χ1v) is 4.72. The number of carbonyl (C=O) groups excluding carboxylic acids is 1. The Morgan fingerprint density at radius 2 is 2.27 bits per heavy atom. The molecule has 0 amide bonds. The summed E-state index contributed by atoms with van der Waals surface area (Å²) in [5, 5.41) is 4.39. The highest BCUT2D eigenvalue weighted by molar-refractivity contribution is 6.34. The molecule has 0 N–H and O–H groups in total. The van der Waals surface area contributed by atoms with E-state index in [0.29, 0.717) is 10.6 Å². The molecule has 1 aromatic heterocycles. The Kier molecular flexibility index (Phi) is 2.51. The molecule has 0 radical (unpaired) electrons. The van der Waals surface area contributed by atoms with E-state index in [4.69, 9.17) is 11.6 Å². The lowest BCUT2D eigenvalue weighted by molar-refractivity contribution is 0.101. The SMILES string of the molecule is CC(=O)c1ccc(-n2cncn2)cc1Cl. The fourth-order valence-electron chi connectivity index (χ4n) is 1.27. The number of Topliss-reactive ketones (excluding diaryl/α,β-unsaturated/α-hetero) is 1. The minimum atomic E-state index is -0.0508. The molecule has 76 valence electrons. The summed E-state index contributed by atoms with van der Waals surface area (Å²) in [7, 11) is 0. The molecular formula is C10H8ClN3O. The van der Waals surface area contributed by atoms with Gasteiger partial charge in [0.15, 0.2) is 5.78 Å². The van der Waals surface area contributed by atoms with Crippen LogP contribution in [0.1, 0.15) is 17.3 Å². The van der Waals surface area contributed by atoms with E-state index >= 15 is 0 Å². The van der Waals surface area contributed by atoms with Gasteiger partial charge in [0.25, 0.3) is 0 Å². The van der Waals surface area contributed by atoms with Crippen LogP contribution in [0.2, 0.25) is 5.02 Å². The molecule has 4 nitrogen and oxygen atoms in total. The molecule has 2 aromatic rings. The summed E-state index contributed by atoms with van der Waals surface area (Å²) >= 11 is 5.96. The van der Waals surface area contributed by atoms with Crippen LogP contribution in [-0.4, -0.2) is 20.5 Å². The van der Waals surface area contributed by atoms with Crippen molar-refractivity contribution in [3.63, 3.8) is 0 Å². The second-order valence-electron chi connectivity index (χ2n) is 3.06. The van der Waals surface area contributed by atoms with Crippen molar-refractivity contribution in [1.82, 2.24) is 14.8 Å². The Labute approximate surface area is 91.5 Å². The Morgan fingerprint density at radius 1 is 1.47 bits per heavy atom. The van der Waals surface area contributed by atoms with Gasteiger partial charge in [0.1, 0.15) is 12.7 Å². The zero-order chi connectivity index (χ0) is 10.8. The summed E-state index contributed by atoms with van der Waals surface area (Å²) in [6, 6.07) is 5.14. The minimum Gasteiger partial charge on any atom is -0.294 e. The molecule has 0 aliphatic rings. The fourth-order valence-corrected chi connectivity index (χ4v) is 1.58.